The van der Waals surface area contributed by atoms with Gasteiger partial charge in [-0.05, 0) is 41.2 Å². The van der Waals surface area contributed by atoms with Crippen molar-refractivity contribution in [1.29, 1.82) is 0 Å². The molecule has 3 aromatic rings. The summed E-state index contributed by atoms with van der Waals surface area (Å²) in [4.78, 5) is 28.1. The molecule has 0 aliphatic heterocycles. The maximum absolute atomic E-state index is 13.4. The van der Waals surface area contributed by atoms with Gasteiger partial charge in [-0.3, -0.25) is 9.59 Å². The van der Waals surface area contributed by atoms with Gasteiger partial charge in [0, 0.05) is 19.5 Å². The number of amides is 2. The number of fused-ring (bicyclic) bond motifs is 1. The van der Waals surface area contributed by atoms with Crippen molar-refractivity contribution in [3.05, 3.63) is 83.9 Å². The van der Waals surface area contributed by atoms with Gasteiger partial charge in [-0.2, -0.15) is 0 Å². The molecule has 168 valence electrons. The first-order valence-corrected chi connectivity index (χ1v) is 11.7. The lowest BCUT2D eigenvalue weighted by molar-refractivity contribution is -0.141. The highest BCUT2D eigenvalue weighted by molar-refractivity contribution is 5.89. The highest BCUT2D eigenvalue weighted by Crippen LogP contribution is 2.21. The lowest BCUT2D eigenvalue weighted by atomic mass is 10.00. The summed E-state index contributed by atoms with van der Waals surface area (Å²) < 4.78 is 0. The Hall–Kier alpha value is -3.14. The molecule has 0 aliphatic carbocycles. The predicted octanol–water partition coefficient (Wildman–Crippen LogP) is 5.50. The molecule has 0 aromatic heterocycles. The quantitative estimate of drug-likeness (QED) is 0.409. The number of unbranched alkanes of at least 4 members (excludes halogenated alkanes) is 1. The monoisotopic (exact) mass is 430 g/mol. The number of hydrogen-bond donors (Lipinski definition) is 1. The van der Waals surface area contributed by atoms with Crippen molar-refractivity contribution in [3.63, 3.8) is 0 Å². The zero-order valence-corrected chi connectivity index (χ0v) is 19.2. The second-order valence-electron chi connectivity index (χ2n) is 8.21. The molecule has 0 bridgehead atoms. The summed E-state index contributed by atoms with van der Waals surface area (Å²) in [5, 5.41) is 5.38. The SMILES string of the molecule is CCCCNC(=O)C(CC)N(Cc1ccccc1)C(=O)CCc1cccc2ccccc12. The first kappa shape index (κ1) is 23.5. The van der Waals surface area contributed by atoms with Crippen molar-refractivity contribution < 1.29 is 9.59 Å². The Balaban J connectivity index is 1.78. The molecule has 1 N–H and O–H groups in total. The van der Waals surface area contributed by atoms with E-state index in [1.54, 1.807) is 4.90 Å². The molecule has 0 fully saturated rings. The topological polar surface area (TPSA) is 49.4 Å². The van der Waals surface area contributed by atoms with E-state index in [1.807, 2.05) is 55.5 Å². The minimum absolute atomic E-state index is 0.0132. The molecule has 2 amide bonds. The van der Waals surface area contributed by atoms with E-state index in [0.29, 0.717) is 32.4 Å². The van der Waals surface area contributed by atoms with Crippen LogP contribution in [0.25, 0.3) is 10.8 Å². The number of rotatable bonds is 11. The van der Waals surface area contributed by atoms with E-state index in [1.165, 1.54) is 10.8 Å². The van der Waals surface area contributed by atoms with Gasteiger partial charge in [0.2, 0.25) is 11.8 Å². The summed E-state index contributed by atoms with van der Waals surface area (Å²) in [6, 6.07) is 23.9. The molecule has 1 unspecified atom stereocenters. The molecule has 3 aromatic carbocycles. The number of nitrogens with one attached hydrogen (secondary N) is 1. The number of carbonyl (C=O) groups is 2. The standard InChI is InChI=1S/C28H34N2O2/c1-3-5-20-29-28(32)26(4-2)30(21-22-12-7-6-8-13-22)27(31)19-18-24-16-11-15-23-14-9-10-17-25(23)24/h6-17,26H,3-5,18-21H2,1-2H3,(H,29,32). The predicted molar refractivity (Wildman–Crippen MR) is 131 cm³/mol. The maximum atomic E-state index is 13.4. The van der Waals surface area contributed by atoms with E-state index in [2.05, 4.69) is 36.5 Å². The highest BCUT2D eigenvalue weighted by atomic mass is 16.2. The van der Waals surface area contributed by atoms with Crippen LogP contribution in [-0.4, -0.2) is 29.3 Å². The smallest absolute Gasteiger partial charge is 0.242 e. The highest BCUT2D eigenvalue weighted by Gasteiger charge is 2.28. The van der Waals surface area contributed by atoms with E-state index in [0.717, 1.165) is 24.0 Å². The molecule has 0 heterocycles. The van der Waals surface area contributed by atoms with E-state index >= 15 is 0 Å². The minimum atomic E-state index is -0.466. The van der Waals surface area contributed by atoms with Crippen LogP contribution in [0.3, 0.4) is 0 Å². The normalized spacial score (nSPS) is 11.8. The van der Waals surface area contributed by atoms with Crippen molar-refractivity contribution in [3.8, 4) is 0 Å². The third kappa shape index (κ3) is 6.19. The van der Waals surface area contributed by atoms with Gasteiger partial charge >= 0.3 is 0 Å². The molecule has 4 heteroatoms. The van der Waals surface area contributed by atoms with Gasteiger partial charge in [-0.25, -0.2) is 0 Å². The molecular weight excluding hydrogens is 396 g/mol. The Morgan fingerprint density at radius 1 is 0.906 bits per heavy atom. The first-order chi connectivity index (χ1) is 15.6. The van der Waals surface area contributed by atoms with E-state index in [9.17, 15) is 9.59 Å². The number of nitrogens with zero attached hydrogens (tertiary/aromatic N) is 1. The number of aryl methyl sites for hydroxylation is 1. The maximum Gasteiger partial charge on any atom is 0.242 e. The van der Waals surface area contributed by atoms with Gasteiger partial charge < -0.3 is 10.2 Å². The molecule has 1 atom stereocenters. The molecule has 32 heavy (non-hydrogen) atoms. The molecule has 0 aliphatic rings. The molecule has 0 spiro atoms. The van der Waals surface area contributed by atoms with Crippen molar-refractivity contribution in [1.82, 2.24) is 10.2 Å². The number of hydrogen-bond acceptors (Lipinski definition) is 2. The van der Waals surface area contributed by atoms with E-state index < -0.39 is 6.04 Å². The molecule has 3 rings (SSSR count). The Kier molecular flexibility index (Phi) is 8.85. The van der Waals surface area contributed by atoms with E-state index in [-0.39, 0.29) is 11.8 Å². The van der Waals surface area contributed by atoms with Crippen molar-refractivity contribution >= 4 is 22.6 Å². The largest absolute Gasteiger partial charge is 0.354 e. The van der Waals surface area contributed by atoms with Gasteiger partial charge in [0.05, 0.1) is 0 Å². The zero-order chi connectivity index (χ0) is 22.8. The van der Waals surface area contributed by atoms with Crippen molar-refractivity contribution in [2.24, 2.45) is 0 Å². The summed E-state index contributed by atoms with van der Waals surface area (Å²) in [7, 11) is 0. The van der Waals surface area contributed by atoms with Gasteiger partial charge in [0.25, 0.3) is 0 Å². The lowest BCUT2D eigenvalue weighted by Crippen LogP contribution is -2.49. The summed E-state index contributed by atoms with van der Waals surface area (Å²) in [6.45, 7) is 5.16. The average Bonchev–Trinajstić information content (AvgIpc) is 2.83. The van der Waals surface area contributed by atoms with Crippen LogP contribution in [0.15, 0.2) is 72.8 Å². The van der Waals surface area contributed by atoms with Crippen LogP contribution < -0.4 is 5.32 Å². The van der Waals surface area contributed by atoms with Crippen molar-refractivity contribution in [2.75, 3.05) is 6.54 Å². The summed E-state index contributed by atoms with van der Waals surface area (Å²) in [6.07, 6.45) is 3.58. The Labute approximate surface area is 191 Å². The van der Waals surface area contributed by atoms with Gasteiger partial charge in [0.15, 0.2) is 0 Å². The summed E-state index contributed by atoms with van der Waals surface area (Å²) in [5.41, 5.74) is 2.20. The molecule has 4 nitrogen and oxygen atoms in total. The summed E-state index contributed by atoms with van der Waals surface area (Å²) in [5.74, 6) is -0.0466. The second kappa shape index (κ2) is 12.0. The van der Waals surface area contributed by atoms with Crippen LogP contribution >= 0.6 is 0 Å². The Morgan fingerprint density at radius 2 is 1.62 bits per heavy atom. The number of carbonyl (C=O) groups excluding carboxylic acids is 2. The van der Waals surface area contributed by atoms with Crippen LogP contribution in [0.4, 0.5) is 0 Å². The van der Waals surface area contributed by atoms with Gasteiger partial charge in [-0.15, -0.1) is 0 Å². The van der Waals surface area contributed by atoms with E-state index in [4.69, 9.17) is 0 Å². The van der Waals surface area contributed by atoms with Crippen LogP contribution in [0.1, 0.15) is 50.7 Å². The molecule has 0 radical (unpaired) electrons. The lowest BCUT2D eigenvalue weighted by Gasteiger charge is -2.31. The zero-order valence-electron chi connectivity index (χ0n) is 19.2. The molecule has 0 saturated carbocycles. The van der Waals surface area contributed by atoms with Crippen LogP contribution in [-0.2, 0) is 22.6 Å². The minimum Gasteiger partial charge on any atom is -0.354 e. The van der Waals surface area contributed by atoms with Gasteiger partial charge in [-0.1, -0.05) is 93.1 Å². The fourth-order valence-electron chi connectivity index (χ4n) is 4.10. The van der Waals surface area contributed by atoms with Gasteiger partial charge in [0.1, 0.15) is 6.04 Å². The Morgan fingerprint density at radius 3 is 2.38 bits per heavy atom. The van der Waals surface area contributed by atoms with Crippen LogP contribution in [0.5, 0.6) is 0 Å². The average molecular weight is 431 g/mol. The summed E-state index contributed by atoms with van der Waals surface area (Å²) >= 11 is 0. The third-order valence-electron chi connectivity index (χ3n) is 5.90. The first-order valence-electron chi connectivity index (χ1n) is 11.7. The van der Waals surface area contributed by atoms with Crippen molar-refractivity contribution in [2.45, 2.75) is 58.5 Å². The van der Waals surface area contributed by atoms with Crippen LogP contribution in [0.2, 0.25) is 0 Å². The molecular formula is C28H34N2O2. The second-order valence-corrected chi connectivity index (χ2v) is 8.21. The molecule has 0 saturated heterocycles. The fourth-order valence-corrected chi connectivity index (χ4v) is 4.10. The Bertz CT molecular complexity index is 1010. The number of benzene rings is 3. The van der Waals surface area contributed by atoms with Crippen LogP contribution in [0, 0.1) is 0 Å². The third-order valence-corrected chi connectivity index (χ3v) is 5.90. The fraction of sp³-hybridized carbons (Fsp3) is 0.357.